The lowest BCUT2D eigenvalue weighted by Crippen LogP contribution is -2.22. The van der Waals surface area contributed by atoms with Crippen LogP contribution in [0, 0.1) is 6.92 Å². The normalized spacial score (nSPS) is 10.4. The molecule has 0 saturated carbocycles. The number of hydrogen-bond acceptors (Lipinski definition) is 3. The lowest BCUT2D eigenvalue weighted by molar-refractivity contribution is 0.100. The Kier molecular flexibility index (Phi) is 4.38. The molecule has 2 aromatic carbocycles. The van der Waals surface area contributed by atoms with E-state index in [0.717, 1.165) is 16.8 Å². The number of benzene rings is 2. The van der Waals surface area contributed by atoms with Crippen LogP contribution in [0.2, 0.25) is 5.02 Å². The summed E-state index contributed by atoms with van der Waals surface area (Å²) in [6.45, 7) is 2.50. The lowest BCUT2D eigenvalue weighted by atomic mass is 10.1. The maximum atomic E-state index is 11.6. The number of hydrogen-bond donors (Lipinski definition) is 2. The van der Waals surface area contributed by atoms with Crippen molar-refractivity contribution >= 4 is 28.9 Å². The van der Waals surface area contributed by atoms with E-state index in [4.69, 9.17) is 23.1 Å². The Labute approximate surface area is 129 Å². The molecule has 0 bridgehead atoms. The summed E-state index contributed by atoms with van der Waals surface area (Å²) in [5.41, 5.74) is 15.1. The fraction of sp³-hybridized carbons (Fsp3) is 0.188. The Balaban J connectivity index is 2.36. The van der Waals surface area contributed by atoms with E-state index in [2.05, 4.69) is 0 Å². The Hall–Kier alpha value is -2.20. The Morgan fingerprint density at radius 1 is 1.24 bits per heavy atom. The number of nitrogens with two attached hydrogens (primary N) is 2. The van der Waals surface area contributed by atoms with Gasteiger partial charge in [0.25, 0.3) is 5.91 Å². The van der Waals surface area contributed by atoms with Gasteiger partial charge in [0.05, 0.1) is 5.56 Å². The summed E-state index contributed by atoms with van der Waals surface area (Å²) in [5.74, 6) is -0.449. The highest BCUT2D eigenvalue weighted by Gasteiger charge is 2.13. The summed E-state index contributed by atoms with van der Waals surface area (Å²) in [4.78, 5) is 13.5. The minimum atomic E-state index is -0.449. The van der Waals surface area contributed by atoms with Gasteiger partial charge >= 0.3 is 0 Å². The molecule has 0 aliphatic heterocycles. The van der Waals surface area contributed by atoms with Crippen molar-refractivity contribution in [3.05, 3.63) is 58.1 Å². The standard InChI is InChI=1S/C16H18ClN3O/c1-10-3-5-13(16(19)21)15(7-10)20(2)9-11-8-12(18)4-6-14(11)17/h3-8H,9,18H2,1-2H3,(H2,19,21). The van der Waals surface area contributed by atoms with Gasteiger partial charge in [-0.3, -0.25) is 4.79 Å². The van der Waals surface area contributed by atoms with Crippen LogP contribution >= 0.6 is 11.6 Å². The van der Waals surface area contributed by atoms with Gasteiger partial charge in [-0.15, -0.1) is 0 Å². The molecule has 1 amide bonds. The highest BCUT2D eigenvalue weighted by molar-refractivity contribution is 6.31. The number of halogens is 1. The molecule has 0 aromatic heterocycles. The summed E-state index contributed by atoms with van der Waals surface area (Å²) >= 11 is 6.19. The van der Waals surface area contributed by atoms with Gasteiger partial charge in [-0.25, -0.2) is 0 Å². The summed E-state index contributed by atoms with van der Waals surface area (Å²) in [5, 5.41) is 0.643. The zero-order chi connectivity index (χ0) is 15.6. The van der Waals surface area contributed by atoms with E-state index >= 15 is 0 Å². The molecule has 0 aliphatic rings. The molecule has 4 nitrogen and oxygen atoms in total. The van der Waals surface area contributed by atoms with Gasteiger partial charge in [-0.1, -0.05) is 17.7 Å². The van der Waals surface area contributed by atoms with Crippen LogP contribution in [0.25, 0.3) is 0 Å². The number of carbonyl (C=O) groups excluding carboxylic acids is 1. The van der Waals surface area contributed by atoms with Crippen LogP contribution in [0.3, 0.4) is 0 Å². The summed E-state index contributed by atoms with van der Waals surface area (Å²) in [6, 6.07) is 10.9. The van der Waals surface area contributed by atoms with E-state index in [0.29, 0.717) is 22.8 Å². The van der Waals surface area contributed by atoms with Gasteiger partial charge < -0.3 is 16.4 Å². The molecule has 0 saturated heterocycles. The number of carbonyl (C=O) groups is 1. The first-order chi connectivity index (χ1) is 9.88. The molecule has 0 aliphatic carbocycles. The molecule has 5 heteroatoms. The number of amides is 1. The predicted molar refractivity (Wildman–Crippen MR) is 87.7 cm³/mol. The molecule has 0 atom stereocenters. The molecule has 21 heavy (non-hydrogen) atoms. The monoisotopic (exact) mass is 303 g/mol. The van der Waals surface area contributed by atoms with E-state index in [-0.39, 0.29) is 0 Å². The Bertz CT molecular complexity index is 685. The topological polar surface area (TPSA) is 72.4 Å². The average Bonchev–Trinajstić information content (AvgIpc) is 2.42. The van der Waals surface area contributed by atoms with E-state index in [1.807, 2.05) is 37.1 Å². The summed E-state index contributed by atoms with van der Waals surface area (Å²) in [6.07, 6.45) is 0. The first-order valence-corrected chi connectivity index (χ1v) is 6.92. The maximum absolute atomic E-state index is 11.6. The van der Waals surface area contributed by atoms with E-state index in [1.54, 1.807) is 18.2 Å². The molecule has 110 valence electrons. The predicted octanol–water partition coefficient (Wildman–Crippen LogP) is 2.97. The lowest BCUT2D eigenvalue weighted by Gasteiger charge is -2.23. The van der Waals surface area contributed by atoms with Crippen molar-refractivity contribution in [3.63, 3.8) is 0 Å². The van der Waals surface area contributed by atoms with Crippen molar-refractivity contribution in [1.29, 1.82) is 0 Å². The molecule has 2 rings (SSSR count). The highest BCUT2D eigenvalue weighted by Crippen LogP contribution is 2.26. The zero-order valence-corrected chi connectivity index (χ0v) is 12.8. The number of aryl methyl sites for hydroxylation is 1. The number of anilines is 2. The van der Waals surface area contributed by atoms with Gasteiger partial charge in [0.15, 0.2) is 0 Å². The number of rotatable bonds is 4. The third kappa shape index (κ3) is 3.47. The average molecular weight is 304 g/mol. The van der Waals surface area contributed by atoms with Crippen LogP contribution in [0.15, 0.2) is 36.4 Å². The maximum Gasteiger partial charge on any atom is 0.250 e. The fourth-order valence-corrected chi connectivity index (χ4v) is 2.40. The fourth-order valence-electron chi connectivity index (χ4n) is 2.22. The molecular formula is C16H18ClN3O. The van der Waals surface area contributed by atoms with Crippen molar-refractivity contribution in [2.45, 2.75) is 13.5 Å². The van der Waals surface area contributed by atoms with Crippen molar-refractivity contribution in [1.82, 2.24) is 0 Å². The van der Waals surface area contributed by atoms with Crippen LogP contribution in [-0.2, 0) is 6.54 Å². The van der Waals surface area contributed by atoms with Crippen molar-refractivity contribution in [2.24, 2.45) is 5.73 Å². The van der Waals surface area contributed by atoms with E-state index in [9.17, 15) is 4.79 Å². The highest BCUT2D eigenvalue weighted by atomic mass is 35.5. The SMILES string of the molecule is Cc1ccc(C(N)=O)c(N(C)Cc2cc(N)ccc2Cl)c1. The third-order valence-corrected chi connectivity index (χ3v) is 3.68. The Morgan fingerprint density at radius 3 is 2.62 bits per heavy atom. The van der Waals surface area contributed by atoms with E-state index < -0.39 is 5.91 Å². The smallest absolute Gasteiger partial charge is 0.250 e. The van der Waals surface area contributed by atoms with Crippen molar-refractivity contribution in [3.8, 4) is 0 Å². The van der Waals surface area contributed by atoms with Gasteiger partial charge in [-0.05, 0) is 48.4 Å². The molecule has 4 N–H and O–H groups in total. The minimum Gasteiger partial charge on any atom is -0.399 e. The second-order valence-corrected chi connectivity index (χ2v) is 5.50. The Morgan fingerprint density at radius 2 is 1.95 bits per heavy atom. The molecule has 0 spiro atoms. The summed E-state index contributed by atoms with van der Waals surface area (Å²) < 4.78 is 0. The van der Waals surface area contributed by atoms with Gasteiger partial charge in [0.2, 0.25) is 0 Å². The van der Waals surface area contributed by atoms with Crippen LogP contribution in [-0.4, -0.2) is 13.0 Å². The molecular weight excluding hydrogens is 286 g/mol. The molecule has 0 unspecified atom stereocenters. The first kappa shape index (κ1) is 15.2. The third-order valence-electron chi connectivity index (χ3n) is 3.31. The minimum absolute atomic E-state index is 0.449. The van der Waals surface area contributed by atoms with E-state index in [1.165, 1.54) is 0 Å². The summed E-state index contributed by atoms with van der Waals surface area (Å²) in [7, 11) is 1.89. The molecule has 0 heterocycles. The van der Waals surface area contributed by atoms with Crippen molar-refractivity contribution < 1.29 is 4.79 Å². The van der Waals surface area contributed by atoms with Crippen LogP contribution in [0.5, 0.6) is 0 Å². The van der Waals surface area contributed by atoms with Gasteiger partial charge in [0.1, 0.15) is 0 Å². The largest absolute Gasteiger partial charge is 0.399 e. The van der Waals surface area contributed by atoms with Gasteiger partial charge in [0, 0.05) is 30.0 Å². The van der Waals surface area contributed by atoms with Crippen LogP contribution in [0.1, 0.15) is 21.5 Å². The van der Waals surface area contributed by atoms with Crippen LogP contribution in [0.4, 0.5) is 11.4 Å². The number of primary amides is 1. The first-order valence-electron chi connectivity index (χ1n) is 6.54. The number of nitrogen functional groups attached to an aromatic ring is 1. The second-order valence-electron chi connectivity index (χ2n) is 5.09. The number of nitrogens with zero attached hydrogens (tertiary/aromatic N) is 1. The quantitative estimate of drug-likeness (QED) is 0.853. The molecule has 2 aromatic rings. The zero-order valence-electron chi connectivity index (χ0n) is 12.1. The molecule has 0 fully saturated rings. The molecule has 0 radical (unpaired) electrons. The van der Waals surface area contributed by atoms with Crippen molar-refractivity contribution in [2.75, 3.05) is 17.7 Å². The second kappa shape index (κ2) is 6.06. The van der Waals surface area contributed by atoms with Gasteiger partial charge in [-0.2, -0.15) is 0 Å². The van der Waals surface area contributed by atoms with Crippen LogP contribution < -0.4 is 16.4 Å².